The van der Waals surface area contributed by atoms with Gasteiger partial charge in [0.2, 0.25) is 0 Å². The van der Waals surface area contributed by atoms with Gasteiger partial charge in [-0.25, -0.2) is 0 Å². The number of nitro benzene ring substituents is 3. The fourth-order valence-corrected chi connectivity index (χ4v) is 1.84. The zero-order chi connectivity index (χ0) is 17.0. The molecule has 0 saturated carbocycles. The molecule has 0 aromatic heterocycles. The number of nitrogens with zero attached hydrogens (tertiary/aromatic N) is 3. The van der Waals surface area contributed by atoms with E-state index in [0.717, 1.165) is 12.1 Å². The zero-order valence-electron chi connectivity index (χ0n) is 11.3. The maximum Gasteiger partial charge on any atom is 0.424 e. The Hall–Kier alpha value is -3.76. The topological polar surface area (TPSA) is 153 Å². The van der Waals surface area contributed by atoms with Crippen LogP contribution in [0.1, 0.15) is 0 Å². The molecule has 2 rings (SSSR count). The second kappa shape index (κ2) is 6.34. The van der Waals surface area contributed by atoms with E-state index in [-0.39, 0.29) is 5.69 Å². The van der Waals surface area contributed by atoms with Gasteiger partial charge in [-0.2, -0.15) is 0 Å². The smallest absolute Gasteiger partial charge is 0.301 e. The van der Waals surface area contributed by atoms with Crippen molar-refractivity contribution in [1.29, 1.82) is 0 Å². The first kappa shape index (κ1) is 15.6. The van der Waals surface area contributed by atoms with Crippen LogP contribution in [0, 0.1) is 30.3 Å². The molecule has 0 radical (unpaired) electrons. The van der Waals surface area contributed by atoms with Crippen molar-refractivity contribution in [3.8, 4) is 0 Å². The van der Waals surface area contributed by atoms with Gasteiger partial charge in [-0.15, -0.1) is 0 Å². The van der Waals surface area contributed by atoms with E-state index >= 15 is 0 Å². The quantitative estimate of drug-likeness (QED) is 0.608. The lowest BCUT2D eigenvalue weighted by molar-refractivity contribution is -0.440. The number of hydrazine groups is 1. The van der Waals surface area contributed by atoms with Crippen LogP contribution in [0.5, 0.6) is 0 Å². The predicted molar refractivity (Wildman–Crippen MR) is 80.1 cm³/mol. The minimum Gasteiger partial charge on any atom is -0.301 e. The highest BCUT2D eigenvalue weighted by atomic mass is 16.6. The van der Waals surface area contributed by atoms with E-state index in [1.165, 1.54) is 0 Å². The van der Waals surface area contributed by atoms with Crippen LogP contribution in [0.3, 0.4) is 0 Å². The third-order valence-electron chi connectivity index (χ3n) is 2.81. The Morgan fingerprint density at radius 2 is 1.30 bits per heavy atom. The molecule has 0 amide bonds. The second-order valence-electron chi connectivity index (χ2n) is 4.22. The van der Waals surface area contributed by atoms with Crippen LogP contribution >= 0.6 is 0 Å². The lowest BCUT2D eigenvalue weighted by atomic mass is 10.2. The Labute approximate surface area is 128 Å². The van der Waals surface area contributed by atoms with Gasteiger partial charge < -0.3 is 5.43 Å². The van der Waals surface area contributed by atoms with Crippen LogP contribution in [0.2, 0.25) is 0 Å². The van der Waals surface area contributed by atoms with Crippen molar-refractivity contribution in [1.82, 2.24) is 0 Å². The number of anilines is 2. The number of hydrogen-bond donors (Lipinski definition) is 2. The molecule has 0 unspecified atom stereocenters. The van der Waals surface area contributed by atoms with Gasteiger partial charge in [-0.05, 0) is 18.2 Å². The highest BCUT2D eigenvalue weighted by molar-refractivity contribution is 5.79. The Kier molecular flexibility index (Phi) is 4.31. The van der Waals surface area contributed by atoms with Crippen molar-refractivity contribution in [2.45, 2.75) is 0 Å². The summed E-state index contributed by atoms with van der Waals surface area (Å²) in [5.41, 5.74) is 2.23. The molecule has 23 heavy (non-hydrogen) atoms. The fourth-order valence-electron chi connectivity index (χ4n) is 1.84. The van der Waals surface area contributed by atoms with Gasteiger partial charge in [-0.1, -0.05) is 18.2 Å². The predicted octanol–water partition coefficient (Wildman–Crippen LogP) is 2.85. The third-order valence-corrected chi connectivity index (χ3v) is 2.81. The SMILES string of the molecule is O=[N+]([O-])c1ccc(NNc2ccccc2)c([N+](=O)[O-])c1[N+](=O)[O-]. The first-order valence-corrected chi connectivity index (χ1v) is 6.09. The average molecular weight is 319 g/mol. The molecule has 2 N–H and O–H groups in total. The van der Waals surface area contributed by atoms with Crippen molar-refractivity contribution in [2.24, 2.45) is 0 Å². The fraction of sp³-hybridized carbons (Fsp3) is 0. The van der Waals surface area contributed by atoms with Gasteiger partial charge in [0.05, 0.1) is 20.5 Å². The Balaban J connectivity index is 2.47. The highest BCUT2D eigenvalue weighted by Crippen LogP contribution is 2.41. The first-order valence-electron chi connectivity index (χ1n) is 6.09. The summed E-state index contributed by atoms with van der Waals surface area (Å²) in [6, 6.07) is 10.3. The van der Waals surface area contributed by atoms with Crippen LogP contribution in [0.15, 0.2) is 42.5 Å². The van der Waals surface area contributed by atoms with Gasteiger partial charge >= 0.3 is 17.1 Å². The normalized spacial score (nSPS) is 9.91. The molecule has 11 heteroatoms. The molecule has 0 atom stereocenters. The van der Waals surface area contributed by atoms with Crippen molar-refractivity contribution < 1.29 is 14.8 Å². The number of rotatable bonds is 6. The monoisotopic (exact) mass is 319 g/mol. The Bertz CT molecular complexity index is 779. The standard InChI is InChI=1S/C12H9N5O6/c18-15(19)10-7-6-9(11(16(20)21)12(10)17(22)23)14-13-8-4-2-1-3-5-8/h1-7,13-14H. The molecule has 0 heterocycles. The lowest BCUT2D eigenvalue weighted by Gasteiger charge is -2.09. The van der Waals surface area contributed by atoms with E-state index < -0.39 is 31.8 Å². The summed E-state index contributed by atoms with van der Waals surface area (Å²) in [5, 5.41) is 33.0. The van der Waals surface area contributed by atoms with E-state index in [1.54, 1.807) is 30.3 Å². The van der Waals surface area contributed by atoms with E-state index in [4.69, 9.17) is 0 Å². The van der Waals surface area contributed by atoms with Crippen LogP contribution in [0.4, 0.5) is 28.4 Å². The zero-order valence-corrected chi connectivity index (χ0v) is 11.3. The first-order chi connectivity index (χ1) is 10.9. The summed E-state index contributed by atoms with van der Waals surface area (Å²) < 4.78 is 0. The summed E-state index contributed by atoms with van der Waals surface area (Å²) >= 11 is 0. The molecular formula is C12H9N5O6. The maximum absolute atomic E-state index is 11.1. The summed E-state index contributed by atoms with van der Waals surface area (Å²) in [7, 11) is 0. The molecule has 11 nitrogen and oxygen atoms in total. The van der Waals surface area contributed by atoms with E-state index in [9.17, 15) is 30.3 Å². The molecular weight excluding hydrogens is 310 g/mol. The Morgan fingerprint density at radius 3 is 1.83 bits per heavy atom. The molecule has 2 aromatic rings. The lowest BCUT2D eigenvalue weighted by Crippen LogP contribution is -2.12. The average Bonchev–Trinajstić information content (AvgIpc) is 2.52. The number of nitro groups is 3. The van der Waals surface area contributed by atoms with Crippen LogP contribution in [-0.4, -0.2) is 14.8 Å². The van der Waals surface area contributed by atoms with Crippen molar-refractivity contribution in [3.63, 3.8) is 0 Å². The molecule has 0 aliphatic heterocycles. The van der Waals surface area contributed by atoms with Gasteiger partial charge in [0.15, 0.2) is 0 Å². The Morgan fingerprint density at radius 1 is 0.696 bits per heavy atom. The van der Waals surface area contributed by atoms with Crippen LogP contribution in [-0.2, 0) is 0 Å². The molecule has 0 bridgehead atoms. The summed E-state index contributed by atoms with van der Waals surface area (Å²) in [5.74, 6) is 0. The maximum atomic E-state index is 11.1. The van der Waals surface area contributed by atoms with Gasteiger partial charge in [0.25, 0.3) is 0 Å². The van der Waals surface area contributed by atoms with Crippen LogP contribution < -0.4 is 10.9 Å². The minimum atomic E-state index is -1.18. The molecule has 0 fully saturated rings. The minimum absolute atomic E-state index is 0.267. The van der Waals surface area contributed by atoms with Crippen molar-refractivity contribution >= 4 is 28.4 Å². The van der Waals surface area contributed by atoms with Crippen molar-refractivity contribution in [3.05, 3.63) is 72.8 Å². The number of hydrogen-bond acceptors (Lipinski definition) is 8. The van der Waals surface area contributed by atoms with Crippen LogP contribution in [0.25, 0.3) is 0 Å². The highest BCUT2D eigenvalue weighted by Gasteiger charge is 2.38. The summed E-state index contributed by atoms with van der Waals surface area (Å²) in [4.78, 5) is 29.8. The molecule has 0 aliphatic rings. The summed E-state index contributed by atoms with van der Waals surface area (Å²) in [6.07, 6.45) is 0. The van der Waals surface area contributed by atoms with Gasteiger partial charge in [0, 0.05) is 6.07 Å². The molecule has 118 valence electrons. The van der Waals surface area contributed by atoms with E-state index in [1.807, 2.05) is 0 Å². The molecule has 0 saturated heterocycles. The summed E-state index contributed by atoms with van der Waals surface area (Å²) in [6.45, 7) is 0. The second-order valence-corrected chi connectivity index (χ2v) is 4.22. The van der Waals surface area contributed by atoms with Crippen molar-refractivity contribution in [2.75, 3.05) is 10.9 Å². The number of nitrogens with one attached hydrogen (secondary N) is 2. The molecule has 0 aliphatic carbocycles. The molecule has 2 aromatic carbocycles. The number of para-hydroxylation sites is 1. The van der Waals surface area contributed by atoms with Gasteiger partial charge in [-0.3, -0.25) is 35.8 Å². The molecule has 0 spiro atoms. The number of benzene rings is 2. The third kappa shape index (κ3) is 3.29. The van der Waals surface area contributed by atoms with Gasteiger partial charge in [0.1, 0.15) is 5.69 Å². The van der Waals surface area contributed by atoms with E-state index in [2.05, 4.69) is 10.9 Å². The largest absolute Gasteiger partial charge is 0.424 e. The van der Waals surface area contributed by atoms with E-state index in [0.29, 0.717) is 5.69 Å².